The Labute approximate surface area is 123 Å². The monoisotopic (exact) mass is 285 g/mol. The fourth-order valence-electron chi connectivity index (χ4n) is 2.56. The van der Waals surface area contributed by atoms with Gasteiger partial charge in [0.05, 0.1) is 18.0 Å². The second-order valence-electron chi connectivity index (χ2n) is 4.78. The molecule has 3 rings (SSSR count). The molecule has 2 aromatic heterocycles. The van der Waals surface area contributed by atoms with Crippen molar-refractivity contribution >= 4 is 17.1 Å². The van der Waals surface area contributed by atoms with E-state index in [-0.39, 0.29) is 0 Å². The molecule has 110 valence electrons. The molecule has 0 atom stereocenters. The average Bonchev–Trinajstić information content (AvgIpc) is 2.97. The Balaban J connectivity index is 2.32. The van der Waals surface area contributed by atoms with E-state index in [1.165, 1.54) is 0 Å². The number of fused-ring (bicyclic) bond motifs is 1. The van der Waals surface area contributed by atoms with Crippen molar-refractivity contribution in [2.75, 3.05) is 12.3 Å². The van der Waals surface area contributed by atoms with Crippen LogP contribution in [0, 0.1) is 6.92 Å². The summed E-state index contributed by atoms with van der Waals surface area (Å²) in [5, 5.41) is 4.51. The topological polar surface area (TPSA) is 70.9 Å². The van der Waals surface area contributed by atoms with Crippen molar-refractivity contribution in [3.05, 3.63) is 30.0 Å². The van der Waals surface area contributed by atoms with Crippen LogP contribution in [0.2, 0.25) is 0 Å². The Morgan fingerprint density at radius 1 is 1.24 bits per heavy atom. The lowest BCUT2D eigenvalue weighted by Gasteiger charge is -2.13. The first kappa shape index (κ1) is 13.5. The van der Waals surface area contributed by atoms with Crippen molar-refractivity contribution in [3.8, 4) is 11.4 Å². The highest BCUT2D eigenvalue weighted by molar-refractivity contribution is 5.80. The van der Waals surface area contributed by atoms with E-state index in [2.05, 4.69) is 10.1 Å². The number of nitrogens with two attached hydrogens (primary N) is 1. The van der Waals surface area contributed by atoms with E-state index < -0.39 is 0 Å². The summed E-state index contributed by atoms with van der Waals surface area (Å²) in [6.07, 6.45) is 0. The highest BCUT2D eigenvalue weighted by Crippen LogP contribution is 2.30. The molecule has 3 aromatic rings. The van der Waals surface area contributed by atoms with Crippen LogP contribution >= 0.6 is 0 Å². The molecule has 0 unspecified atom stereocenters. The number of imidazole rings is 1. The van der Waals surface area contributed by atoms with Gasteiger partial charge >= 0.3 is 0 Å². The van der Waals surface area contributed by atoms with Gasteiger partial charge in [0.15, 0.2) is 5.65 Å². The van der Waals surface area contributed by atoms with Crippen molar-refractivity contribution in [3.63, 3.8) is 0 Å². The van der Waals surface area contributed by atoms with Gasteiger partial charge in [0.25, 0.3) is 0 Å². The third-order valence-electron chi connectivity index (χ3n) is 3.44. The molecule has 0 amide bonds. The zero-order valence-corrected chi connectivity index (χ0v) is 12.5. The second kappa shape index (κ2) is 5.12. The molecule has 0 fully saturated rings. The molecule has 21 heavy (non-hydrogen) atoms. The van der Waals surface area contributed by atoms with Crippen LogP contribution < -0.4 is 10.5 Å². The lowest BCUT2D eigenvalue weighted by Crippen LogP contribution is -2.08. The van der Waals surface area contributed by atoms with E-state index >= 15 is 0 Å². The second-order valence-corrected chi connectivity index (χ2v) is 4.78. The third kappa shape index (κ3) is 2.03. The zero-order valence-electron chi connectivity index (χ0n) is 12.5. The first-order valence-corrected chi connectivity index (χ1v) is 7.10. The van der Waals surface area contributed by atoms with E-state index in [1.807, 2.05) is 54.3 Å². The van der Waals surface area contributed by atoms with Crippen LogP contribution in [0.5, 0.6) is 5.75 Å². The van der Waals surface area contributed by atoms with Crippen molar-refractivity contribution in [2.24, 2.45) is 0 Å². The van der Waals surface area contributed by atoms with Gasteiger partial charge in [-0.2, -0.15) is 5.10 Å². The summed E-state index contributed by atoms with van der Waals surface area (Å²) >= 11 is 0. The van der Waals surface area contributed by atoms with Gasteiger partial charge in [0.2, 0.25) is 5.95 Å². The Morgan fingerprint density at radius 2 is 2.00 bits per heavy atom. The minimum atomic E-state index is 0.444. The van der Waals surface area contributed by atoms with Gasteiger partial charge in [-0.15, -0.1) is 0 Å². The number of nitrogens with zero attached hydrogens (tertiary/aromatic N) is 4. The normalized spacial score (nSPS) is 11.2. The van der Waals surface area contributed by atoms with Crippen molar-refractivity contribution in [1.82, 2.24) is 19.3 Å². The van der Waals surface area contributed by atoms with E-state index in [1.54, 1.807) is 0 Å². The molecule has 0 saturated carbocycles. The number of anilines is 1. The first-order chi connectivity index (χ1) is 10.2. The molecule has 1 aromatic carbocycles. The van der Waals surface area contributed by atoms with Gasteiger partial charge in [0, 0.05) is 6.54 Å². The molecule has 2 heterocycles. The molecule has 0 spiro atoms. The van der Waals surface area contributed by atoms with Crippen molar-refractivity contribution in [1.29, 1.82) is 0 Å². The number of aryl methyl sites for hydroxylation is 2. The van der Waals surface area contributed by atoms with Gasteiger partial charge in [-0.3, -0.25) is 4.57 Å². The maximum Gasteiger partial charge on any atom is 0.207 e. The Bertz CT molecular complexity index is 787. The first-order valence-electron chi connectivity index (χ1n) is 7.10. The molecule has 2 N–H and O–H groups in total. The van der Waals surface area contributed by atoms with Crippen LogP contribution in [0.3, 0.4) is 0 Å². The molecule has 0 bridgehead atoms. The number of hydrogen-bond donors (Lipinski definition) is 1. The van der Waals surface area contributed by atoms with Crippen LogP contribution in [0.15, 0.2) is 24.3 Å². The number of nitrogen functional groups attached to an aromatic ring is 1. The molecule has 0 aliphatic heterocycles. The number of aromatic nitrogens is 4. The van der Waals surface area contributed by atoms with Crippen LogP contribution in [0.4, 0.5) is 5.95 Å². The lowest BCUT2D eigenvalue weighted by molar-refractivity contribution is 0.339. The number of rotatable bonds is 4. The fraction of sp³-hybridized carbons (Fsp3) is 0.333. The molecule has 0 aliphatic rings. The van der Waals surface area contributed by atoms with Crippen LogP contribution in [0.25, 0.3) is 16.9 Å². The van der Waals surface area contributed by atoms with E-state index in [0.717, 1.165) is 34.8 Å². The van der Waals surface area contributed by atoms with Gasteiger partial charge in [-0.25, -0.2) is 9.67 Å². The van der Waals surface area contributed by atoms with Gasteiger partial charge in [-0.1, -0.05) is 12.1 Å². The molecule has 0 radical (unpaired) electrons. The Hall–Kier alpha value is -2.50. The lowest BCUT2D eigenvalue weighted by atomic mass is 10.3. The highest BCUT2D eigenvalue weighted by atomic mass is 16.5. The van der Waals surface area contributed by atoms with Crippen LogP contribution in [-0.2, 0) is 6.54 Å². The largest absolute Gasteiger partial charge is 0.492 e. The minimum Gasteiger partial charge on any atom is -0.492 e. The number of ether oxygens (including phenoxy) is 1. The van der Waals surface area contributed by atoms with Gasteiger partial charge < -0.3 is 10.5 Å². The predicted octanol–water partition coefficient (Wildman–Crippen LogP) is 2.53. The molecular weight excluding hydrogens is 266 g/mol. The molecule has 6 heteroatoms. The van der Waals surface area contributed by atoms with Crippen molar-refractivity contribution in [2.45, 2.75) is 27.3 Å². The minimum absolute atomic E-state index is 0.444. The average molecular weight is 285 g/mol. The SMILES string of the molecule is CCOc1ccccc1-n1c(N)nc2c(C)nn(CC)c21. The summed E-state index contributed by atoms with van der Waals surface area (Å²) < 4.78 is 9.53. The number of para-hydroxylation sites is 2. The summed E-state index contributed by atoms with van der Waals surface area (Å²) in [5.74, 6) is 1.23. The van der Waals surface area contributed by atoms with Gasteiger partial charge in [-0.05, 0) is 32.9 Å². The highest BCUT2D eigenvalue weighted by Gasteiger charge is 2.19. The Morgan fingerprint density at radius 3 is 2.71 bits per heavy atom. The van der Waals surface area contributed by atoms with Crippen molar-refractivity contribution < 1.29 is 4.74 Å². The summed E-state index contributed by atoms with van der Waals surface area (Å²) in [7, 11) is 0. The smallest absolute Gasteiger partial charge is 0.207 e. The molecule has 0 aliphatic carbocycles. The molecule has 0 saturated heterocycles. The van der Waals surface area contributed by atoms with E-state index in [4.69, 9.17) is 10.5 Å². The molecular formula is C15H19N5O. The third-order valence-corrected chi connectivity index (χ3v) is 3.44. The van der Waals surface area contributed by atoms with Gasteiger partial charge in [0.1, 0.15) is 11.3 Å². The standard InChI is InChI=1S/C15H19N5O/c1-4-19-14-13(10(3)18-19)17-15(16)20(14)11-8-6-7-9-12(11)21-5-2/h6-9H,4-5H2,1-3H3,(H2,16,17). The van der Waals surface area contributed by atoms with Crippen LogP contribution in [-0.4, -0.2) is 25.9 Å². The summed E-state index contributed by atoms with van der Waals surface area (Å²) in [4.78, 5) is 4.46. The zero-order chi connectivity index (χ0) is 15.0. The maximum absolute atomic E-state index is 6.14. The number of benzene rings is 1. The Kier molecular flexibility index (Phi) is 3.29. The summed E-state index contributed by atoms with van der Waals surface area (Å²) in [6, 6.07) is 7.82. The van der Waals surface area contributed by atoms with E-state index in [9.17, 15) is 0 Å². The number of hydrogen-bond acceptors (Lipinski definition) is 4. The predicted molar refractivity (Wildman–Crippen MR) is 82.8 cm³/mol. The summed E-state index contributed by atoms with van der Waals surface area (Å²) in [5.41, 5.74) is 9.64. The summed E-state index contributed by atoms with van der Waals surface area (Å²) in [6.45, 7) is 7.31. The molecule has 6 nitrogen and oxygen atoms in total. The van der Waals surface area contributed by atoms with Crippen LogP contribution in [0.1, 0.15) is 19.5 Å². The van der Waals surface area contributed by atoms with E-state index in [0.29, 0.717) is 12.6 Å². The quantitative estimate of drug-likeness (QED) is 0.799. The fourth-order valence-corrected chi connectivity index (χ4v) is 2.56. The maximum atomic E-state index is 6.14.